The Bertz CT molecular complexity index is 662. The molecule has 4 rings (SSSR count). The molecule has 2 aromatic rings. The highest BCUT2D eigenvalue weighted by Crippen LogP contribution is 2.56. The Balaban J connectivity index is 0.00000113. The van der Waals surface area contributed by atoms with E-state index in [1.165, 1.54) is 24.3 Å². The van der Waals surface area contributed by atoms with Gasteiger partial charge in [-0.25, -0.2) is 4.98 Å². The van der Waals surface area contributed by atoms with E-state index < -0.39 is 0 Å². The summed E-state index contributed by atoms with van der Waals surface area (Å²) in [7, 11) is 0. The normalized spacial score (nSPS) is 20.8. The first-order valence-corrected chi connectivity index (χ1v) is 9.44. The molecule has 2 aliphatic rings. The molecule has 0 aromatic carbocycles. The Labute approximate surface area is 170 Å². The van der Waals surface area contributed by atoms with Crippen LogP contribution < -0.4 is 5.32 Å². The van der Waals surface area contributed by atoms with Gasteiger partial charge in [0.2, 0.25) is 0 Å². The topological polar surface area (TPSA) is 41.1 Å². The number of hydrogen-bond donors (Lipinski definition) is 1. The van der Waals surface area contributed by atoms with Crippen LogP contribution in [0.5, 0.6) is 0 Å². The van der Waals surface area contributed by atoms with E-state index in [4.69, 9.17) is 11.6 Å². The summed E-state index contributed by atoms with van der Waals surface area (Å²) in [6, 6.07) is 2.69. The van der Waals surface area contributed by atoms with Gasteiger partial charge in [0, 0.05) is 36.6 Å². The van der Waals surface area contributed by atoms with Gasteiger partial charge in [0.1, 0.15) is 5.01 Å². The summed E-state index contributed by atoms with van der Waals surface area (Å²) < 4.78 is 0. The maximum atomic E-state index is 6.34. The first-order chi connectivity index (χ1) is 11.3. The summed E-state index contributed by atoms with van der Waals surface area (Å²) in [4.78, 5) is 11.2. The van der Waals surface area contributed by atoms with Crippen molar-refractivity contribution in [3.05, 3.63) is 45.6 Å². The monoisotopic (exact) mass is 420 g/mol. The molecule has 1 atom stereocenters. The van der Waals surface area contributed by atoms with Crippen LogP contribution in [0.2, 0.25) is 5.02 Å². The lowest BCUT2D eigenvalue weighted by Crippen LogP contribution is -2.35. The first-order valence-electron chi connectivity index (χ1n) is 8.18. The third-order valence-corrected chi connectivity index (χ3v) is 6.34. The van der Waals surface area contributed by atoms with Crippen molar-refractivity contribution in [2.24, 2.45) is 5.41 Å². The predicted octanol–water partition coefficient (Wildman–Crippen LogP) is 4.18. The Morgan fingerprint density at radius 1 is 1.24 bits per heavy atom. The average Bonchev–Trinajstić information content (AvgIpc) is 3.01. The van der Waals surface area contributed by atoms with E-state index in [2.05, 4.69) is 25.6 Å². The van der Waals surface area contributed by atoms with Crippen LogP contribution in [0.1, 0.15) is 29.8 Å². The van der Waals surface area contributed by atoms with E-state index in [1.54, 1.807) is 17.5 Å². The van der Waals surface area contributed by atoms with Gasteiger partial charge in [-0.05, 0) is 49.4 Å². The molecule has 4 nitrogen and oxygen atoms in total. The van der Waals surface area contributed by atoms with Gasteiger partial charge in [0.05, 0.1) is 11.6 Å². The highest BCUT2D eigenvalue weighted by Gasteiger charge is 2.56. The molecular weight excluding hydrogens is 399 g/mol. The second-order valence-electron chi connectivity index (χ2n) is 6.63. The summed E-state index contributed by atoms with van der Waals surface area (Å²) in [6.45, 7) is 4.09. The standard InChI is InChI=1S/C17H21ClN4S.2ClH/c18-14-10-20-4-1-13(14)11-22(12-16-21-7-8-23-16)15-9-17(15)2-5-19-6-3-17;;/h1,4,7-8,10,15,19H,2-3,5-6,9,11-12H2;2*1H. The highest BCUT2D eigenvalue weighted by molar-refractivity contribution is 7.09. The van der Waals surface area contributed by atoms with Gasteiger partial charge in [-0.2, -0.15) is 0 Å². The summed E-state index contributed by atoms with van der Waals surface area (Å²) >= 11 is 8.08. The molecule has 1 N–H and O–H groups in total. The van der Waals surface area contributed by atoms with E-state index in [-0.39, 0.29) is 24.8 Å². The molecule has 1 aliphatic carbocycles. The van der Waals surface area contributed by atoms with E-state index in [0.29, 0.717) is 11.5 Å². The molecule has 0 bridgehead atoms. The number of hydrogen-bond acceptors (Lipinski definition) is 5. The minimum atomic E-state index is 0. The van der Waals surface area contributed by atoms with Gasteiger partial charge in [0.25, 0.3) is 0 Å². The molecule has 1 aliphatic heterocycles. The van der Waals surface area contributed by atoms with Crippen molar-refractivity contribution in [1.29, 1.82) is 0 Å². The molecule has 0 radical (unpaired) electrons. The zero-order valence-corrected chi connectivity index (χ0v) is 17.1. The summed E-state index contributed by atoms with van der Waals surface area (Å²) in [5, 5.41) is 7.49. The zero-order valence-electron chi connectivity index (χ0n) is 13.9. The zero-order chi connectivity index (χ0) is 15.7. The molecule has 1 spiro atoms. The summed E-state index contributed by atoms with van der Waals surface area (Å²) in [6.07, 6.45) is 9.35. The quantitative estimate of drug-likeness (QED) is 0.786. The maximum Gasteiger partial charge on any atom is 0.107 e. The molecule has 0 amide bonds. The smallest absolute Gasteiger partial charge is 0.107 e. The van der Waals surface area contributed by atoms with Crippen molar-refractivity contribution in [2.75, 3.05) is 13.1 Å². The average molecular weight is 422 g/mol. The van der Waals surface area contributed by atoms with Crippen LogP contribution in [0.15, 0.2) is 30.0 Å². The molecule has 1 saturated heterocycles. The van der Waals surface area contributed by atoms with Gasteiger partial charge in [-0.1, -0.05) is 11.6 Å². The highest BCUT2D eigenvalue weighted by atomic mass is 35.5. The van der Waals surface area contributed by atoms with Crippen molar-refractivity contribution in [2.45, 2.75) is 38.4 Å². The fourth-order valence-corrected chi connectivity index (χ4v) is 4.66. The van der Waals surface area contributed by atoms with Crippen molar-refractivity contribution in [3.8, 4) is 0 Å². The molecule has 2 fully saturated rings. The Morgan fingerprint density at radius 3 is 2.72 bits per heavy atom. The van der Waals surface area contributed by atoms with E-state index in [1.807, 2.05) is 18.5 Å². The van der Waals surface area contributed by atoms with Crippen molar-refractivity contribution >= 4 is 47.8 Å². The summed E-state index contributed by atoms with van der Waals surface area (Å²) in [5.41, 5.74) is 1.68. The van der Waals surface area contributed by atoms with Crippen LogP contribution in [-0.2, 0) is 13.1 Å². The fourth-order valence-electron chi connectivity index (χ4n) is 3.84. The number of nitrogens with one attached hydrogen (secondary N) is 1. The largest absolute Gasteiger partial charge is 0.317 e. The molecule has 25 heavy (non-hydrogen) atoms. The van der Waals surface area contributed by atoms with Crippen molar-refractivity contribution in [1.82, 2.24) is 20.2 Å². The van der Waals surface area contributed by atoms with Crippen LogP contribution in [0.4, 0.5) is 0 Å². The molecule has 1 saturated carbocycles. The van der Waals surface area contributed by atoms with Crippen LogP contribution in [-0.4, -0.2) is 34.0 Å². The van der Waals surface area contributed by atoms with Gasteiger partial charge in [-0.3, -0.25) is 9.88 Å². The molecule has 1 unspecified atom stereocenters. The predicted molar refractivity (Wildman–Crippen MR) is 108 cm³/mol. The Hall–Kier alpha value is -0.430. The Morgan fingerprint density at radius 2 is 2.04 bits per heavy atom. The van der Waals surface area contributed by atoms with E-state index >= 15 is 0 Å². The lowest BCUT2D eigenvalue weighted by molar-refractivity contribution is 0.188. The number of aromatic nitrogens is 2. The van der Waals surface area contributed by atoms with E-state index in [9.17, 15) is 0 Å². The van der Waals surface area contributed by atoms with Crippen LogP contribution in [0, 0.1) is 5.41 Å². The van der Waals surface area contributed by atoms with Crippen LogP contribution in [0.3, 0.4) is 0 Å². The lowest BCUT2D eigenvalue weighted by Gasteiger charge is -2.29. The number of piperidine rings is 1. The molecule has 2 aromatic heterocycles. The Kier molecular flexibility index (Phi) is 7.50. The third-order valence-electron chi connectivity index (χ3n) is 5.24. The van der Waals surface area contributed by atoms with E-state index in [0.717, 1.165) is 36.8 Å². The number of nitrogens with zero attached hydrogens (tertiary/aromatic N) is 3. The molecule has 3 heterocycles. The molecule has 138 valence electrons. The summed E-state index contributed by atoms with van der Waals surface area (Å²) in [5.74, 6) is 0. The maximum absolute atomic E-state index is 6.34. The molecular formula is C17H23Cl3N4S. The SMILES string of the molecule is Cl.Cl.Clc1cnccc1CN(Cc1nccs1)C1CC12CCNCC2. The van der Waals surface area contributed by atoms with Crippen molar-refractivity contribution < 1.29 is 0 Å². The minimum Gasteiger partial charge on any atom is -0.317 e. The first kappa shape index (κ1) is 20.9. The number of thiazole rings is 1. The van der Waals surface area contributed by atoms with Gasteiger partial charge < -0.3 is 5.32 Å². The fraction of sp³-hybridized carbons (Fsp3) is 0.529. The lowest BCUT2D eigenvalue weighted by atomic mass is 9.93. The number of pyridine rings is 1. The van der Waals surface area contributed by atoms with Crippen molar-refractivity contribution in [3.63, 3.8) is 0 Å². The van der Waals surface area contributed by atoms with Gasteiger partial charge in [0.15, 0.2) is 0 Å². The number of rotatable bonds is 5. The number of halogens is 3. The molecule has 8 heteroatoms. The second kappa shape index (κ2) is 8.98. The third kappa shape index (κ3) is 4.65. The second-order valence-corrected chi connectivity index (χ2v) is 8.02. The van der Waals surface area contributed by atoms with Gasteiger partial charge >= 0.3 is 0 Å². The van der Waals surface area contributed by atoms with Crippen LogP contribution >= 0.6 is 47.8 Å². The van der Waals surface area contributed by atoms with Crippen LogP contribution in [0.25, 0.3) is 0 Å². The minimum absolute atomic E-state index is 0. The van der Waals surface area contributed by atoms with Gasteiger partial charge in [-0.15, -0.1) is 36.2 Å².